The number of aliphatic imine (C=N–C) groups is 2. The molecule has 8 nitrogen and oxygen atoms in total. The lowest BCUT2D eigenvalue weighted by atomic mass is 10.2. The third-order valence-corrected chi connectivity index (χ3v) is 5.35. The predicted octanol–water partition coefficient (Wildman–Crippen LogP) is 3.72. The largest absolute Gasteiger partial charge is 0.337 e. The van der Waals surface area contributed by atoms with Gasteiger partial charge < -0.3 is 15.2 Å². The Morgan fingerprint density at radius 2 is 2.13 bits per heavy atom. The third-order valence-electron chi connectivity index (χ3n) is 4.64. The van der Waals surface area contributed by atoms with Crippen molar-refractivity contribution in [3.05, 3.63) is 64.4 Å². The minimum absolute atomic E-state index is 0.215. The van der Waals surface area contributed by atoms with Crippen molar-refractivity contribution in [3.8, 4) is 0 Å². The molecule has 0 saturated carbocycles. The van der Waals surface area contributed by atoms with Crippen LogP contribution in [0.15, 0.2) is 58.8 Å². The van der Waals surface area contributed by atoms with E-state index in [0.717, 1.165) is 13.0 Å². The number of carbonyl (C=O) groups excluding carboxylic acids is 1. The maximum Gasteiger partial charge on any atom is 0.324 e. The van der Waals surface area contributed by atoms with E-state index in [9.17, 15) is 4.79 Å². The van der Waals surface area contributed by atoms with Crippen molar-refractivity contribution >= 4 is 41.3 Å². The lowest BCUT2D eigenvalue weighted by molar-refractivity contribution is 0.203. The molecule has 0 radical (unpaired) electrons. The van der Waals surface area contributed by atoms with Crippen molar-refractivity contribution in [1.29, 1.82) is 0 Å². The van der Waals surface area contributed by atoms with Crippen LogP contribution in [0.4, 0.5) is 4.79 Å². The number of halogens is 2. The number of nitrogens with one attached hydrogen (secondary N) is 2. The summed E-state index contributed by atoms with van der Waals surface area (Å²) < 4.78 is 2.01. The van der Waals surface area contributed by atoms with E-state index < -0.39 is 0 Å². The minimum atomic E-state index is -0.327. The molecule has 0 saturated heterocycles. The van der Waals surface area contributed by atoms with Crippen LogP contribution in [-0.2, 0) is 13.1 Å². The average Bonchev–Trinajstić information content (AvgIpc) is 3.24. The first-order valence-corrected chi connectivity index (χ1v) is 10.6. The van der Waals surface area contributed by atoms with Gasteiger partial charge in [0.15, 0.2) is 0 Å². The molecule has 2 N–H and O–H groups in total. The first-order chi connectivity index (χ1) is 15.0. The molecule has 1 aromatic carbocycles. The second kappa shape index (κ2) is 11.0. The van der Waals surface area contributed by atoms with Crippen LogP contribution in [-0.4, -0.2) is 52.2 Å². The molecule has 2 amide bonds. The average molecular weight is 462 g/mol. The molecule has 0 spiro atoms. The SMILES string of the molecule is CN=CC1C=C(NC(C)=NCCCn2ccnc2)N(Cc2c(Cl)cccc2Cl)C(=O)N1. The Kier molecular flexibility index (Phi) is 8.08. The molecule has 1 atom stereocenters. The molecule has 0 bridgehead atoms. The van der Waals surface area contributed by atoms with Crippen LogP contribution in [0.3, 0.4) is 0 Å². The fourth-order valence-electron chi connectivity index (χ4n) is 3.12. The molecule has 0 fully saturated rings. The maximum absolute atomic E-state index is 12.8. The number of hydrogen-bond donors (Lipinski definition) is 2. The second-order valence-corrected chi connectivity index (χ2v) is 7.78. The molecule has 1 unspecified atom stereocenters. The Bertz CT molecular complexity index is 965. The predicted molar refractivity (Wildman–Crippen MR) is 125 cm³/mol. The number of urea groups is 1. The molecule has 3 rings (SSSR count). The summed E-state index contributed by atoms with van der Waals surface area (Å²) in [6.45, 7) is 3.57. The Balaban J connectivity index is 1.73. The topological polar surface area (TPSA) is 86.9 Å². The summed E-state index contributed by atoms with van der Waals surface area (Å²) in [5, 5.41) is 7.14. The van der Waals surface area contributed by atoms with E-state index in [0.29, 0.717) is 33.8 Å². The molecule has 1 aromatic heterocycles. The van der Waals surface area contributed by atoms with Gasteiger partial charge in [0.05, 0.1) is 24.7 Å². The van der Waals surface area contributed by atoms with Crippen LogP contribution < -0.4 is 10.6 Å². The number of benzene rings is 1. The normalized spacial score (nSPS) is 17.1. The van der Waals surface area contributed by atoms with Gasteiger partial charge in [0.2, 0.25) is 0 Å². The van der Waals surface area contributed by atoms with Gasteiger partial charge in [0.1, 0.15) is 5.82 Å². The van der Waals surface area contributed by atoms with Gasteiger partial charge in [-0.15, -0.1) is 0 Å². The van der Waals surface area contributed by atoms with Gasteiger partial charge in [-0.2, -0.15) is 0 Å². The summed E-state index contributed by atoms with van der Waals surface area (Å²) in [4.78, 5) is 27.0. The van der Waals surface area contributed by atoms with Gasteiger partial charge in [-0.25, -0.2) is 9.78 Å². The minimum Gasteiger partial charge on any atom is -0.337 e. The van der Waals surface area contributed by atoms with Crippen molar-refractivity contribution in [2.24, 2.45) is 9.98 Å². The maximum atomic E-state index is 12.8. The van der Waals surface area contributed by atoms with Crippen LogP contribution in [0.5, 0.6) is 0 Å². The van der Waals surface area contributed by atoms with Crippen molar-refractivity contribution in [2.75, 3.05) is 13.6 Å². The smallest absolute Gasteiger partial charge is 0.324 e. The van der Waals surface area contributed by atoms with E-state index in [2.05, 4.69) is 25.6 Å². The highest BCUT2D eigenvalue weighted by Crippen LogP contribution is 2.27. The number of aromatic nitrogens is 2. The Hall–Kier alpha value is -2.84. The van der Waals surface area contributed by atoms with Gasteiger partial charge >= 0.3 is 6.03 Å². The monoisotopic (exact) mass is 461 g/mol. The number of imidazole rings is 1. The summed E-state index contributed by atoms with van der Waals surface area (Å²) in [5.41, 5.74) is 0.672. The number of amides is 2. The van der Waals surface area contributed by atoms with Crippen LogP contribution in [0.25, 0.3) is 0 Å². The molecular formula is C21H25Cl2N7O. The lowest BCUT2D eigenvalue weighted by Gasteiger charge is -2.32. The second-order valence-electron chi connectivity index (χ2n) is 6.97. The zero-order valence-electron chi connectivity index (χ0n) is 17.4. The number of hydrogen-bond acceptors (Lipinski definition) is 4. The Morgan fingerprint density at radius 1 is 1.35 bits per heavy atom. The standard InChI is InChI=1S/C21H25Cl2N7O/c1-15(26-7-4-9-29-10-8-25-14-29)27-20-11-16(12-24-2)28-21(31)30(20)13-17-18(22)5-3-6-19(17)23/h3,5-6,8,10-12,14,16H,4,7,9,13H2,1-2H3,(H,26,27)(H,28,31). The summed E-state index contributed by atoms with van der Waals surface area (Å²) in [5.74, 6) is 1.30. The highest BCUT2D eigenvalue weighted by atomic mass is 35.5. The number of rotatable bonds is 8. The lowest BCUT2D eigenvalue weighted by Crippen LogP contribution is -2.52. The molecule has 1 aliphatic heterocycles. The fourth-order valence-corrected chi connectivity index (χ4v) is 3.64. The van der Waals surface area contributed by atoms with Crippen LogP contribution in [0, 0.1) is 0 Å². The highest BCUT2D eigenvalue weighted by Gasteiger charge is 2.27. The van der Waals surface area contributed by atoms with Crippen molar-refractivity contribution in [2.45, 2.75) is 32.5 Å². The summed E-state index contributed by atoms with van der Waals surface area (Å²) in [7, 11) is 1.66. The van der Waals surface area contributed by atoms with E-state index in [1.165, 1.54) is 0 Å². The summed E-state index contributed by atoms with van der Waals surface area (Å²) in [6, 6.07) is 4.67. The number of aryl methyl sites for hydroxylation is 1. The molecule has 164 valence electrons. The zero-order chi connectivity index (χ0) is 22.2. The van der Waals surface area contributed by atoms with E-state index >= 15 is 0 Å². The molecule has 31 heavy (non-hydrogen) atoms. The summed E-state index contributed by atoms with van der Waals surface area (Å²) in [6.07, 6.45) is 9.88. The van der Waals surface area contributed by atoms with E-state index in [1.54, 1.807) is 48.9 Å². The van der Waals surface area contributed by atoms with E-state index in [4.69, 9.17) is 23.2 Å². The van der Waals surface area contributed by atoms with Gasteiger partial charge in [0.25, 0.3) is 0 Å². The molecular weight excluding hydrogens is 437 g/mol. The number of amidine groups is 1. The first-order valence-electron chi connectivity index (χ1n) is 9.86. The Labute approximate surface area is 191 Å². The van der Waals surface area contributed by atoms with Gasteiger partial charge in [-0.3, -0.25) is 14.9 Å². The molecule has 1 aliphatic rings. The zero-order valence-corrected chi connectivity index (χ0v) is 18.9. The quantitative estimate of drug-likeness (QED) is 0.356. The third kappa shape index (κ3) is 6.32. The first kappa shape index (κ1) is 22.8. The molecule has 2 aromatic rings. The van der Waals surface area contributed by atoms with Crippen LogP contribution >= 0.6 is 23.2 Å². The van der Waals surface area contributed by atoms with Gasteiger partial charge in [0, 0.05) is 54.4 Å². The number of carbonyl (C=O) groups is 1. The Morgan fingerprint density at radius 3 is 2.81 bits per heavy atom. The summed E-state index contributed by atoms with van der Waals surface area (Å²) >= 11 is 12.6. The number of nitrogens with zero attached hydrogens (tertiary/aromatic N) is 5. The van der Waals surface area contributed by atoms with Gasteiger partial charge in [-0.1, -0.05) is 29.3 Å². The molecule has 2 heterocycles. The van der Waals surface area contributed by atoms with Crippen molar-refractivity contribution in [1.82, 2.24) is 25.1 Å². The van der Waals surface area contributed by atoms with Gasteiger partial charge in [-0.05, 0) is 31.6 Å². The highest BCUT2D eigenvalue weighted by molar-refractivity contribution is 6.36. The molecule has 10 heteroatoms. The van der Waals surface area contributed by atoms with Crippen LogP contribution in [0.1, 0.15) is 18.9 Å². The van der Waals surface area contributed by atoms with Crippen LogP contribution in [0.2, 0.25) is 10.0 Å². The molecule has 0 aliphatic carbocycles. The van der Waals surface area contributed by atoms with E-state index in [-0.39, 0.29) is 18.6 Å². The van der Waals surface area contributed by atoms with Crippen molar-refractivity contribution in [3.63, 3.8) is 0 Å². The van der Waals surface area contributed by atoms with E-state index in [1.807, 2.05) is 23.8 Å². The van der Waals surface area contributed by atoms with Crippen molar-refractivity contribution < 1.29 is 4.79 Å². The fraction of sp³-hybridized carbons (Fsp3) is 0.333.